The van der Waals surface area contributed by atoms with Gasteiger partial charge in [0, 0.05) is 11.3 Å². The monoisotopic (exact) mass is 352 g/mol. The zero-order chi connectivity index (χ0) is 18.9. The van der Waals surface area contributed by atoms with Crippen molar-refractivity contribution in [3.05, 3.63) is 59.7 Å². The predicted octanol–water partition coefficient (Wildman–Crippen LogP) is 2.72. The van der Waals surface area contributed by atoms with Crippen LogP contribution < -0.4 is 9.64 Å². The summed E-state index contributed by atoms with van der Waals surface area (Å²) in [6.07, 6.45) is -0.997. The number of carboxylic acid groups (broad SMARTS) is 1. The Labute approximate surface area is 151 Å². The Kier molecular flexibility index (Phi) is 4.58. The number of carboxylic acids is 1. The molecule has 0 unspecified atom stereocenters. The molecule has 0 saturated carbocycles. The third-order valence-corrected chi connectivity index (χ3v) is 4.57. The number of nitriles is 1. The molecule has 134 valence electrons. The lowest BCUT2D eigenvalue weighted by molar-refractivity contribution is -0.135. The number of aliphatic hydroxyl groups is 1. The predicted molar refractivity (Wildman–Crippen MR) is 96.0 cm³/mol. The van der Waals surface area contributed by atoms with Gasteiger partial charge in [-0.2, -0.15) is 5.26 Å². The molecule has 0 saturated heterocycles. The molecule has 0 spiro atoms. The van der Waals surface area contributed by atoms with Gasteiger partial charge in [-0.1, -0.05) is 18.2 Å². The van der Waals surface area contributed by atoms with Crippen molar-refractivity contribution >= 4 is 11.7 Å². The van der Waals surface area contributed by atoms with E-state index in [4.69, 9.17) is 4.74 Å². The van der Waals surface area contributed by atoms with Gasteiger partial charge < -0.3 is 19.8 Å². The molecular weight excluding hydrogens is 332 g/mol. The van der Waals surface area contributed by atoms with Crippen molar-refractivity contribution < 1.29 is 19.7 Å². The number of para-hydroxylation sites is 1. The van der Waals surface area contributed by atoms with E-state index in [2.05, 4.69) is 6.07 Å². The molecule has 1 heterocycles. The zero-order valence-electron chi connectivity index (χ0n) is 14.6. The summed E-state index contributed by atoms with van der Waals surface area (Å²) >= 11 is 0. The largest absolute Gasteiger partial charge is 0.485 e. The van der Waals surface area contributed by atoms with Gasteiger partial charge in [-0.3, -0.25) is 4.79 Å². The average Bonchev–Trinajstić information content (AvgIpc) is 2.61. The van der Waals surface area contributed by atoms with Crippen LogP contribution in [0.25, 0.3) is 0 Å². The Balaban J connectivity index is 2.18. The highest BCUT2D eigenvalue weighted by atomic mass is 16.5. The Bertz CT molecular complexity index is 858. The van der Waals surface area contributed by atoms with Gasteiger partial charge in [0.05, 0.1) is 17.7 Å². The number of nitrogens with zero attached hydrogens (tertiary/aromatic N) is 2. The minimum Gasteiger partial charge on any atom is -0.485 e. The molecule has 1 aliphatic heterocycles. The van der Waals surface area contributed by atoms with Gasteiger partial charge in [-0.15, -0.1) is 0 Å². The second-order valence-electron chi connectivity index (χ2n) is 6.82. The third kappa shape index (κ3) is 3.22. The van der Waals surface area contributed by atoms with E-state index in [-0.39, 0.29) is 6.54 Å². The normalized spacial score (nSPS) is 20.4. The smallest absolute Gasteiger partial charge is 0.323 e. The lowest BCUT2D eigenvalue weighted by atomic mass is 9.84. The second kappa shape index (κ2) is 6.70. The molecule has 6 nitrogen and oxygen atoms in total. The number of carbonyl (C=O) groups is 1. The number of rotatable bonds is 4. The lowest BCUT2D eigenvalue weighted by Crippen LogP contribution is -2.54. The maximum Gasteiger partial charge on any atom is 0.323 e. The first kappa shape index (κ1) is 17.8. The van der Waals surface area contributed by atoms with Crippen LogP contribution in [-0.2, 0) is 4.79 Å². The minimum atomic E-state index is -1.01. The fourth-order valence-electron chi connectivity index (χ4n) is 3.29. The number of benzene rings is 2. The van der Waals surface area contributed by atoms with Gasteiger partial charge in [0.25, 0.3) is 0 Å². The van der Waals surface area contributed by atoms with Crippen molar-refractivity contribution in [2.24, 2.45) is 0 Å². The molecule has 0 bridgehead atoms. The highest BCUT2D eigenvalue weighted by Gasteiger charge is 2.46. The Morgan fingerprint density at radius 2 is 1.96 bits per heavy atom. The summed E-state index contributed by atoms with van der Waals surface area (Å²) in [5.74, 6) is -0.473. The van der Waals surface area contributed by atoms with Crippen molar-refractivity contribution in [1.82, 2.24) is 0 Å². The molecule has 2 N–H and O–H groups in total. The van der Waals surface area contributed by atoms with Gasteiger partial charge in [0.2, 0.25) is 0 Å². The Hall–Kier alpha value is -3.04. The summed E-state index contributed by atoms with van der Waals surface area (Å²) < 4.78 is 5.92. The first-order chi connectivity index (χ1) is 12.3. The molecule has 6 heteroatoms. The quantitative estimate of drug-likeness (QED) is 0.879. The first-order valence-corrected chi connectivity index (χ1v) is 8.28. The van der Waals surface area contributed by atoms with E-state index >= 15 is 0 Å². The molecule has 1 aliphatic rings. The molecule has 26 heavy (non-hydrogen) atoms. The maximum absolute atomic E-state index is 11.5. The van der Waals surface area contributed by atoms with E-state index in [1.165, 1.54) is 0 Å². The fraction of sp³-hybridized carbons (Fsp3) is 0.300. The fourth-order valence-corrected chi connectivity index (χ4v) is 3.29. The van der Waals surface area contributed by atoms with Crippen molar-refractivity contribution in [3.8, 4) is 11.8 Å². The lowest BCUT2D eigenvalue weighted by Gasteiger charge is -2.46. The SMILES string of the molecule is CC1(C)Oc2ccc(C#N)cc2[C@H](N(CC(=O)O)c2ccccc2)[C@H]1O. The van der Waals surface area contributed by atoms with Crippen LogP contribution in [0.5, 0.6) is 5.75 Å². The van der Waals surface area contributed by atoms with Gasteiger partial charge in [-0.25, -0.2) is 0 Å². The topological polar surface area (TPSA) is 93.8 Å². The first-order valence-electron chi connectivity index (χ1n) is 8.28. The van der Waals surface area contributed by atoms with Gasteiger partial charge in [0.1, 0.15) is 24.0 Å². The highest BCUT2D eigenvalue weighted by molar-refractivity contribution is 5.74. The van der Waals surface area contributed by atoms with Gasteiger partial charge in [-0.05, 0) is 44.2 Å². The van der Waals surface area contributed by atoms with Gasteiger partial charge in [0.15, 0.2) is 0 Å². The van der Waals surface area contributed by atoms with Crippen molar-refractivity contribution in [2.75, 3.05) is 11.4 Å². The van der Waals surface area contributed by atoms with Crippen molar-refractivity contribution in [2.45, 2.75) is 31.6 Å². The van der Waals surface area contributed by atoms with E-state index in [0.29, 0.717) is 22.6 Å². The number of anilines is 1. The summed E-state index contributed by atoms with van der Waals surface area (Å²) in [7, 11) is 0. The summed E-state index contributed by atoms with van der Waals surface area (Å²) in [6.45, 7) is 3.23. The number of fused-ring (bicyclic) bond motifs is 1. The van der Waals surface area contributed by atoms with Crippen LogP contribution in [0.1, 0.15) is 31.0 Å². The molecule has 0 amide bonds. The van der Waals surface area contributed by atoms with Crippen LogP contribution in [0.3, 0.4) is 0 Å². The van der Waals surface area contributed by atoms with Crippen LogP contribution in [0.15, 0.2) is 48.5 Å². The Morgan fingerprint density at radius 1 is 1.27 bits per heavy atom. The third-order valence-electron chi connectivity index (χ3n) is 4.57. The van der Waals surface area contributed by atoms with Crippen LogP contribution in [0.4, 0.5) is 5.69 Å². The summed E-state index contributed by atoms with van der Waals surface area (Å²) in [6, 6.07) is 15.5. The highest BCUT2D eigenvalue weighted by Crippen LogP contribution is 2.44. The number of aliphatic hydroxyl groups excluding tert-OH is 1. The van der Waals surface area contributed by atoms with Gasteiger partial charge >= 0.3 is 5.97 Å². The van der Waals surface area contributed by atoms with E-state index in [1.807, 2.05) is 18.2 Å². The summed E-state index contributed by atoms with van der Waals surface area (Å²) in [5, 5.41) is 29.7. The number of hydrogen-bond acceptors (Lipinski definition) is 5. The van der Waals surface area contributed by atoms with Crippen molar-refractivity contribution in [3.63, 3.8) is 0 Å². The van der Waals surface area contributed by atoms with Crippen LogP contribution >= 0.6 is 0 Å². The van der Waals surface area contributed by atoms with E-state index in [0.717, 1.165) is 0 Å². The summed E-state index contributed by atoms with van der Waals surface area (Å²) in [4.78, 5) is 13.2. The van der Waals surface area contributed by atoms with E-state index in [1.54, 1.807) is 49.1 Å². The summed E-state index contributed by atoms with van der Waals surface area (Å²) in [5.41, 5.74) is 0.774. The van der Waals surface area contributed by atoms with Crippen LogP contribution in [-0.4, -0.2) is 34.4 Å². The molecule has 0 fully saturated rings. The molecule has 2 atom stereocenters. The molecule has 2 aromatic carbocycles. The average molecular weight is 352 g/mol. The van der Waals surface area contributed by atoms with Crippen molar-refractivity contribution in [1.29, 1.82) is 5.26 Å². The number of hydrogen-bond donors (Lipinski definition) is 2. The Morgan fingerprint density at radius 3 is 2.58 bits per heavy atom. The molecule has 3 rings (SSSR count). The van der Waals surface area contributed by atoms with E-state index < -0.39 is 23.7 Å². The molecular formula is C20H20N2O4. The molecule has 0 radical (unpaired) electrons. The minimum absolute atomic E-state index is 0.294. The second-order valence-corrected chi connectivity index (χ2v) is 6.82. The maximum atomic E-state index is 11.5. The zero-order valence-corrected chi connectivity index (χ0v) is 14.6. The van der Waals surface area contributed by atoms with E-state index in [9.17, 15) is 20.3 Å². The standard InChI is InChI=1S/C20H20N2O4/c1-20(2)19(25)18(15-10-13(11-21)8-9-16(15)26-20)22(12-17(23)24)14-6-4-3-5-7-14/h3-10,18-19,25H,12H2,1-2H3,(H,23,24)/t18-,19+/m0/s1. The molecule has 0 aliphatic carbocycles. The molecule has 2 aromatic rings. The van der Waals surface area contributed by atoms with Crippen LogP contribution in [0, 0.1) is 11.3 Å². The number of ether oxygens (including phenoxy) is 1. The van der Waals surface area contributed by atoms with Crippen LogP contribution in [0.2, 0.25) is 0 Å². The number of aliphatic carboxylic acids is 1. The molecule has 0 aromatic heterocycles.